The first-order valence-electron chi connectivity index (χ1n) is 6.05. The largest absolute Gasteiger partial charge is 0.494 e. The fraction of sp³-hybridized carbons (Fsp3) is 0.357. The molecule has 1 fully saturated rings. The van der Waals surface area contributed by atoms with Gasteiger partial charge in [0.15, 0.2) is 0 Å². The molecule has 0 aromatic heterocycles. The topological polar surface area (TPSA) is 50.4 Å². The quantitative estimate of drug-likeness (QED) is 0.801. The van der Waals surface area contributed by atoms with E-state index in [-0.39, 0.29) is 11.4 Å². The number of benzene rings is 1. The molecule has 2 rings (SSSR count). The molecule has 0 unspecified atom stereocenters. The maximum Gasteiger partial charge on any atom is 0.263 e. The van der Waals surface area contributed by atoms with Gasteiger partial charge in [-0.25, -0.2) is 5.43 Å². The van der Waals surface area contributed by atoms with Crippen LogP contribution in [0.1, 0.15) is 26.3 Å². The smallest absolute Gasteiger partial charge is 0.263 e. The molecular formula is C14H18N2O2. The Hall–Kier alpha value is -1.81. The number of amides is 1. The molecule has 96 valence electrons. The van der Waals surface area contributed by atoms with Gasteiger partial charge in [-0.05, 0) is 44.5 Å². The van der Waals surface area contributed by atoms with Crippen molar-refractivity contribution in [2.24, 2.45) is 0 Å². The first-order valence-corrected chi connectivity index (χ1v) is 6.05. The van der Waals surface area contributed by atoms with Crippen LogP contribution in [-0.4, -0.2) is 18.1 Å². The molecule has 4 heteroatoms. The molecule has 0 atom stereocenters. The molecule has 1 aromatic carbocycles. The minimum atomic E-state index is -0.362. The molecule has 4 nitrogen and oxygen atoms in total. The van der Waals surface area contributed by atoms with Crippen molar-refractivity contribution in [1.29, 1.82) is 0 Å². The third kappa shape index (κ3) is 2.54. The van der Waals surface area contributed by atoms with Crippen LogP contribution < -0.4 is 15.6 Å². The number of ether oxygens (including phenoxy) is 1. The van der Waals surface area contributed by atoms with Crippen molar-refractivity contribution in [2.45, 2.75) is 26.3 Å². The molecule has 0 spiro atoms. The van der Waals surface area contributed by atoms with E-state index in [1.54, 1.807) is 0 Å². The lowest BCUT2D eigenvalue weighted by molar-refractivity contribution is -0.116. The molecule has 1 aromatic rings. The summed E-state index contributed by atoms with van der Waals surface area (Å²) in [6.45, 7) is 6.50. The lowest BCUT2D eigenvalue weighted by Gasteiger charge is -2.17. The maximum absolute atomic E-state index is 11.7. The summed E-state index contributed by atoms with van der Waals surface area (Å²) in [5.41, 5.74) is 6.91. The first kappa shape index (κ1) is 12.6. The number of nitrogens with one attached hydrogen (secondary N) is 2. The van der Waals surface area contributed by atoms with E-state index in [9.17, 15) is 4.79 Å². The number of carbonyl (C=O) groups is 1. The predicted octanol–water partition coefficient (Wildman–Crippen LogP) is 1.88. The van der Waals surface area contributed by atoms with Gasteiger partial charge in [-0.2, -0.15) is 0 Å². The van der Waals surface area contributed by atoms with E-state index in [0.717, 1.165) is 16.9 Å². The second-order valence-corrected chi connectivity index (χ2v) is 4.77. The Morgan fingerprint density at radius 3 is 2.78 bits per heavy atom. The fourth-order valence-electron chi connectivity index (χ4n) is 1.90. The number of hydrogen-bond acceptors (Lipinski definition) is 3. The predicted molar refractivity (Wildman–Crippen MR) is 70.9 cm³/mol. The summed E-state index contributed by atoms with van der Waals surface area (Å²) in [4.78, 5) is 11.7. The fourth-order valence-corrected chi connectivity index (χ4v) is 1.90. The molecule has 2 N–H and O–H groups in total. The number of hydrogen-bond donors (Lipinski definition) is 2. The lowest BCUT2D eigenvalue weighted by atomic mass is 9.94. The minimum Gasteiger partial charge on any atom is -0.494 e. The van der Waals surface area contributed by atoms with E-state index in [4.69, 9.17) is 4.74 Å². The van der Waals surface area contributed by atoms with E-state index < -0.39 is 0 Å². The molecule has 0 saturated carbocycles. The molecule has 1 aliphatic heterocycles. The van der Waals surface area contributed by atoms with Gasteiger partial charge in [-0.3, -0.25) is 10.2 Å². The standard InChI is InChI=1S/C14H18N2O2/c1-4-18-11-7-5-6-10(8-11)9-12-13(17)15-16-14(12,2)3/h5-9,16H,4H2,1-3H3,(H,15,17)/b12-9+. The van der Waals surface area contributed by atoms with Crippen LogP contribution in [0, 0.1) is 0 Å². The summed E-state index contributed by atoms with van der Waals surface area (Å²) in [5.74, 6) is 0.734. The Morgan fingerprint density at radius 2 is 2.17 bits per heavy atom. The van der Waals surface area contributed by atoms with Crippen molar-refractivity contribution in [1.82, 2.24) is 10.9 Å². The normalized spacial score (nSPS) is 19.9. The van der Waals surface area contributed by atoms with E-state index in [1.165, 1.54) is 0 Å². The van der Waals surface area contributed by atoms with Gasteiger partial charge in [-0.15, -0.1) is 0 Å². The summed E-state index contributed by atoms with van der Waals surface area (Å²) in [6.07, 6.45) is 1.89. The van der Waals surface area contributed by atoms with Crippen molar-refractivity contribution >= 4 is 12.0 Å². The van der Waals surface area contributed by atoms with Gasteiger partial charge >= 0.3 is 0 Å². The third-order valence-electron chi connectivity index (χ3n) is 2.89. The molecule has 0 bridgehead atoms. The first-order chi connectivity index (χ1) is 8.53. The Kier molecular flexibility index (Phi) is 3.39. The van der Waals surface area contributed by atoms with Crippen molar-refractivity contribution in [3.05, 3.63) is 35.4 Å². The Balaban J connectivity index is 2.32. The van der Waals surface area contributed by atoms with Gasteiger partial charge in [0.2, 0.25) is 0 Å². The van der Waals surface area contributed by atoms with E-state index >= 15 is 0 Å². The molecule has 0 radical (unpaired) electrons. The molecule has 1 heterocycles. The number of hydrazine groups is 1. The van der Waals surface area contributed by atoms with Crippen LogP contribution >= 0.6 is 0 Å². The van der Waals surface area contributed by atoms with Crippen LogP contribution in [0.4, 0.5) is 0 Å². The van der Waals surface area contributed by atoms with E-state index in [2.05, 4.69) is 10.9 Å². The van der Waals surface area contributed by atoms with Crippen LogP contribution in [-0.2, 0) is 4.79 Å². The monoisotopic (exact) mass is 246 g/mol. The SMILES string of the molecule is CCOc1cccc(/C=C2\C(=O)NNC2(C)C)c1. The molecule has 0 aliphatic carbocycles. The summed E-state index contributed by atoms with van der Waals surface area (Å²) in [7, 11) is 0. The highest BCUT2D eigenvalue weighted by atomic mass is 16.5. The summed E-state index contributed by atoms with van der Waals surface area (Å²) >= 11 is 0. The van der Waals surface area contributed by atoms with Gasteiger partial charge in [-0.1, -0.05) is 12.1 Å². The molecule has 1 amide bonds. The van der Waals surface area contributed by atoms with Crippen molar-refractivity contribution in [3.8, 4) is 5.75 Å². The van der Waals surface area contributed by atoms with Crippen LogP contribution in [0.5, 0.6) is 5.75 Å². The van der Waals surface area contributed by atoms with Crippen LogP contribution in [0.25, 0.3) is 6.08 Å². The highest BCUT2D eigenvalue weighted by Crippen LogP contribution is 2.24. The lowest BCUT2D eigenvalue weighted by Crippen LogP contribution is -2.38. The van der Waals surface area contributed by atoms with E-state index in [1.807, 2.05) is 51.1 Å². The number of rotatable bonds is 3. The zero-order chi connectivity index (χ0) is 13.2. The Labute approximate surface area is 107 Å². The van der Waals surface area contributed by atoms with Crippen LogP contribution in [0.2, 0.25) is 0 Å². The molecule has 18 heavy (non-hydrogen) atoms. The summed E-state index contributed by atoms with van der Waals surface area (Å²) < 4.78 is 5.44. The maximum atomic E-state index is 11.7. The van der Waals surface area contributed by atoms with Gasteiger partial charge in [0.25, 0.3) is 5.91 Å². The second-order valence-electron chi connectivity index (χ2n) is 4.77. The van der Waals surface area contributed by atoms with Crippen molar-refractivity contribution < 1.29 is 9.53 Å². The van der Waals surface area contributed by atoms with Crippen LogP contribution in [0.3, 0.4) is 0 Å². The third-order valence-corrected chi connectivity index (χ3v) is 2.89. The van der Waals surface area contributed by atoms with Gasteiger partial charge in [0.1, 0.15) is 5.75 Å². The highest BCUT2D eigenvalue weighted by Gasteiger charge is 2.34. The van der Waals surface area contributed by atoms with Gasteiger partial charge < -0.3 is 4.74 Å². The average Bonchev–Trinajstić information content (AvgIpc) is 2.57. The Morgan fingerprint density at radius 1 is 1.39 bits per heavy atom. The minimum absolute atomic E-state index is 0.0817. The summed E-state index contributed by atoms with van der Waals surface area (Å²) in [6, 6.07) is 7.71. The molecule has 1 aliphatic rings. The average molecular weight is 246 g/mol. The zero-order valence-electron chi connectivity index (χ0n) is 10.9. The zero-order valence-corrected chi connectivity index (χ0v) is 10.9. The number of carbonyl (C=O) groups excluding carboxylic acids is 1. The second kappa shape index (κ2) is 4.82. The van der Waals surface area contributed by atoms with E-state index in [0.29, 0.717) is 6.61 Å². The molecule has 1 saturated heterocycles. The van der Waals surface area contributed by atoms with Crippen molar-refractivity contribution in [3.63, 3.8) is 0 Å². The highest BCUT2D eigenvalue weighted by molar-refractivity contribution is 6.01. The Bertz CT molecular complexity index is 492. The van der Waals surface area contributed by atoms with Gasteiger partial charge in [0, 0.05) is 5.57 Å². The summed E-state index contributed by atoms with van der Waals surface area (Å²) in [5, 5.41) is 0. The van der Waals surface area contributed by atoms with Crippen LogP contribution in [0.15, 0.2) is 29.8 Å². The van der Waals surface area contributed by atoms with Crippen molar-refractivity contribution in [2.75, 3.05) is 6.61 Å². The molecular weight excluding hydrogens is 228 g/mol. The van der Waals surface area contributed by atoms with Gasteiger partial charge in [0.05, 0.1) is 12.1 Å².